The lowest BCUT2D eigenvalue weighted by Crippen LogP contribution is -2.32. The molecule has 18 heavy (non-hydrogen) atoms. The molecule has 1 aliphatic heterocycles. The summed E-state index contributed by atoms with van der Waals surface area (Å²) in [5.41, 5.74) is 0. The first-order valence-corrected chi connectivity index (χ1v) is 8.04. The Morgan fingerprint density at radius 1 is 1.00 bits per heavy atom. The van der Waals surface area contributed by atoms with Crippen LogP contribution in [0.4, 0.5) is 0 Å². The maximum absolute atomic E-state index is 6.18. The second-order valence-electron chi connectivity index (χ2n) is 5.12. The predicted octanol–water partition coefficient (Wildman–Crippen LogP) is 3.87. The minimum Gasteiger partial charge on any atom is -0.375 e. The van der Waals surface area contributed by atoms with Gasteiger partial charge in [0, 0.05) is 31.8 Å². The summed E-state index contributed by atoms with van der Waals surface area (Å²) in [6, 6.07) is 0. The minimum absolute atomic E-state index is 0.304. The van der Waals surface area contributed by atoms with Gasteiger partial charge in [-0.15, -0.1) is 0 Å². The normalized spacial score (nSPS) is 28.0. The summed E-state index contributed by atoms with van der Waals surface area (Å²) in [6.07, 6.45) is 9.02. The van der Waals surface area contributed by atoms with E-state index in [9.17, 15) is 0 Å². The smallest absolute Gasteiger partial charge is 0.0633 e. The molecular formula is C13H28O3P2. The Labute approximate surface area is 116 Å². The molecular weight excluding hydrogens is 266 g/mol. The predicted molar refractivity (Wildman–Crippen MR) is 81.5 cm³/mol. The zero-order valence-electron chi connectivity index (χ0n) is 11.6. The lowest BCUT2D eigenvalue weighted by Gasteiger charge is -2.33. The Kier molecular flexibility index (Phi) is 8.97. The van der Waals surface area contributed by atoms with Crippen molar-refractivity contribution in [1.82, 2.24) is 0 Å². The molecule has 108 valence electrons. The quantitative estimate of drug-likeness (QED) is 0.636. The lowest BCUT2D eigenvalue weighted by atomic mass is 9.96. The van der Waals surface area contributed by atoms with E-state index in [1.54, 1.807) is 0 Å². The van der Waals surface area contributed by atoms with E-state index in [0.717, 1.165) is 25.7 Å². The van der Waals surface area contributed by atoms with Crippen molar-refractivity contribution in [1.29, 1.82) is 0 Å². The highest BCUT2D eigenvalue weighted by Crippen LogP contribution is 2.27. The van der Waals surface area contributed by atoms with Gasteiger partial charge in [0.2, 0.25) is 0 Å². The monoisotopic (exact) mass is 294 g/mol. The average molecular weight is 294 g/mol. The van der Waals surface area contributed by atoms with Gasteiger partial charge >= 0.3 is 0 Å². The summed E-state index contributed by atoms with van der Waals surface area (Å²) in [5, 5.41) is 0. The van der Waals surface area contributed by atoms with Gasteiger partial charge in [0.15, 0.2) is 0 Å². The van der Waals surface area contributed by atoms with E-state index < -0.39 is 0 Å². The first kappa shape index (κ1) is 16.8. The molecule has 0 aromatic rings. The molecule has 1 rings (SSSR count). The molecule has 5 heteroatoms. The van der Waals surface area contributed by atoms with Crippen LogP contribution in [-0.2, 0) is 13.8 Å². The third-order valence-corrected chi connectivity index (χ3v) is 4.55. The van der Waals surface area contributed by atoms with E-state index in [1.807, 2.05) is 0 Å². The molecule has 0 N–H and O–H groups in total. The molecule has 2 unspecified atom stereocenters. The van der Waals surface area contributed by atoms with Gasteiger partial charge in [-0.05, 0) is 32.1 Å². The first-order valence-electron chi connectivity index (χ1n) is 7.09. The molecule has 0 saturated carbocycles. The van der Waals surface area contributed by atoms with Gasteiger partial charge in [-0.1, -0.05) is 13.8 Å². The second-order valence-corrected chi connectivity index (χ2v) is 5.66. The van der Waals surface area contributed by atoms with Crippen LogP contribution in [0.1, 0.15) is 58.8 Å². The van der Waals surface area contributed by atoms with Crippen LogP contribution < -0.4 is 0 Å². The van der Waals surface area contributed by atoms with E-state index in [1.165, 1.54) is 19.3 Å². The van der Waals surface area contributed by atoms with Crippen molar-refractivity contribution in [2.75, 3.05) is 0 Å². The number of rotatable bonds is 8. The van der Waals surface area contributed by atoms with E-state index in [0.29, 0.717) is 24.4 Å². The Balaban J connectivity index is 2.35. The van der Waals surface area contributed by atoms with Crippen LogP contribution in [-0.4, -0.2) is 24.4 Å². The fraction of sp³-hybridized carbons (Fsp3) is 1.00. The summed E-state index contributed by atoms with van der Waals surface area (Å²) in [5.74, 6) is 0. The van der Waals surface area contributed by atoms with Crippen molar-refractivity contribution in [3.63, 3.8) is 0 Å². The van der Waals surface area contributed by atoms with Crippen molar-refractivity contribution >= 4 is 18.9 Å². The van der Waals surface area contributed by atoms with E-state index >= 15 is 0 Å². The van der Waals surface area contributed by atoms with Gasteiger partial charge in [-0.2, -0.15) is 0 Å². The molecule has 0 radical (unpaired) electrons. The molecule has 6 atom stereocenters. The molecule has 0 spiro atoms. The van der Waals surface area contributed by atoms with Crippen LogP contribution in [0.5, 0.6) is 0 Å². The summed E-state index contributed by atoms with van der Waals surface area (Å²) in [4.78, 5) is 0. The van der Waals surface area contributed by atoms with Crippen LogP contribution >= 0.6 is 18.9 Å². The van der Waals surface area contributed by atoms with E-state index in [-0.39, 0.29) is 0 Å². The van der Waals surface area contributed by atoms with Crippen molar-refractivity contribution in [2.45, 2.75) is 83.2 Å². The fourth-order valence-corrected chi connectivity index (χ4v) is 3.16. The van der Waals surface area contributed by atoms with Gasteiger partial charge in [-0.25, -0.2) is 0 Å². The summed E-state index contributed by atoms with van der Waals surface area (Å²) >= 11 is 0. The van der Waals surface area contributed by atoms with Crippen molar-refractivity contribution in [3.8, 4) is 0 Å². The topological polar surface area (TPSA) is 27.7 Å². The van der Waals surface area contributed by atoms with E-state index in [2.05, 4.69) is 32.8 Å². The maximum Gasteiger partial charge on any atom is 0.0633 e. The summed E-state index contributed by atoms with van der Waals surface area (Å²) in [7, 11) is 4.75. The number of hydrogen-bond acceptors (Lipinski definition) is 3. The maximum atomic E-state index is 6.18. The van der Waals surface area contributed by atoms with Crippen molar-refractivity contribution in [2.24, 2.45) is 0 Å². The number of ether oxygens (including phenoxy) is 1. The second kappa shape index (κ2) is 9.61. The minimum atomic E-state index is 0.304. The Morgan fingerprint density at radius 2 is 1.44 bits per heavy atom. The van der Waals surface area contributed by atoms with Crippen molar-refractivity contribution < 1.29 is 13.8 Å². The van der Waals surface area contributed by atoms with Crippen LogP contribution in [0.15, 0.2) is 0 Å². The average Bonchev–Trinajstić information content (AvgIpc) is 2.42. The molecule has 1 fully saturated rings. The largest absolute Gasteiger partial charge is 0.375 e. The SMILES string of the molecule is CC[C@H](C[C@H]1CCC[C@@H](C[C@@H](CC)OP)O1)OP. The Bertz CT molecular complexity index is 188. The van der Waals surface area contributed by atoms with E-state index in [4.69, 9.17) is 13.8 Å². The summed E-state index contributed by atoms with van der Waals surface area (Å²) < 4.78 is 16.9. The van der Waals surface area contributed by atoms with Gasteiger partial charge in [0.25, 0.3) is 0 Å². The van der Waals surface area contributed by atoms with Gasteiger partial charge in [0.05, 0.1) is 24.4 Å². The molecule has 0 aromatic heterocycles. The highest BCUT2D eigenvalue weighted by Gasteiger charge is 2.26. The molecule has 1 saturated heterocycles. The zero-order chi connectivity index (χ0) is 13.4. The van der Waals surface area contributed by atoms with Gasteiger partial charge in [0.1, 0.15) is 0 Å². The molecule has 1 heterocycles. The third-order valence-electron chi connectivity index (χ3n) is 3.78. The van der Waals surface area contributed by atoms with Crippen LogP contribution in [0, 0.1) is 0 Å². The highest BCUT2D eigenvalue weighted by molar-refractivity contribution is 7.10. The standard InChI is InChI=1S/C13H28O3P2/c1-3-10(15-17)8-12-6-5-7-13(14-12)9-11(4-2)16-18/h10-13H,3-9,17-18H2,1-2H3/t10-,11-,12-,13+/m1/s1. The molecule has 0 aliphatic carbocycles. The molecule has 0 aromatic carbocycles. The first-order chi connectivity index (χ1) is 8.73. The zero-order valence-corrected chi connectivity index (χ0v) is 13.9. The van der Waals surface area contributed by atoms with Gasteiger partial charge < -0.3 is 13.8 Å². The van der Waals surface area contributed by atoms with Crippen molar-refractivity contribution in [3.05, 3.63) is 0 Å². The van der Waals surface area contributed by atoms with Crippen LogP contribution in [0.2, 0.25) is 0 Å². The Morgan fingerprint density at radius 3 is 1.78 bits per heavy atom. The third kappa shape index (κ3) is 5.80. The Hall–Kier alpha value is 0.740. The van der Waals surface area contributed by atoms with Crippen LogP contribution in [0.3, 0.4) is 0 Å². The number of hydrogen-bond donors (Lipinski definition) is 0. The molecule has 1 aliphatic rings. The molecule has 3 nitrogen and oxygen atoms in total. The highest BCUT2D eigenvalue weighted by atomic mass is 31.0. The van der Waals surface area contributed by atoms with Gasteiger partial charge in [-0.3, -0.25) is 0 Å². The fourth-order valence-electron chi connectivity index (χ4n) is 2.55. The molecule has 0 amide bonds. The lowest BCUT2D eigenvalue weighted by molar-refractivity contribution is -0.0778. The molecule has 0 bridgehead atoms. The van der Waals surface area contributed by atoms with Crippen LogP contribution in [0.25, 0.3) is 0 Å². The summed E-state index contributed by atoms with van der Waals surface area (Å²) in [6.45, 7) is 4.31.